The number of pyridine rings is 1. The van der Waals surface area contributed by atoms with E-state index in [-0.39, 0.29) is 0 Å². The molecular formula is C29H32N4. The summed E-state index contributed by atoms with van der Waals surface area (Å²) in [7, 11) is 0. The van der Waals surface area contributed by atoms with Crippen LogP contribution in [0.2, 0.25) is 0 Å². The molecule has 0 amide bonds. The number of rotatable bonds is 6. The Balaban J connectivity index is 1.58. The van der Waals surface area contributed by atoms with Crippen molar-refractivity contribution < 1.29 is 0 Å². The van der Waals surface area contributed by atoms with E-state index in [2.05, 4.69) is 71.2 Å². The zero-order valence-corrected chi connectivity index (χ0v) is 19.6. The molecule has 3 heterocycles. The number of hydrogen-bond acceptors (Lipinski definition) is 3. The van der Waals surface area contributed by atoms with Crippen LogP contribution in [0, 0.1) is 0 Å². The molecule has 1 saturated heterocycles. The lowest BCUT2D eigenvalue weighted by Crippen LogP contribution is -2.31. The predicted molar refractivity (Wildman–Crippen MR) is 136 cm³/mol. The van der Waals surface area contributed by atoms with Gasteiger partial charge in [0.25, 0.3) is 0 Å². The third-order valence-electron chi connectivity index (χ3n) is 6.90. The molecule has 1 aliphatic heterocycles. The van der Waals surface area contributed by atoms with E-state index in [0.29, 0.717) is 0 Å². The quantitative estimate of drug-likeness (QED) is 0.392. The molecule has 4 nitrogen and oxygen atoms in total. The number of fused-ring (bicyclic) bond motifs is 1. The van der Waals surface area contributed by atoms with Crippen LogP contribution in [0.3, 0.4) is 0 Å². The van der Waals surface area contributed by atoms with Gasteiger partial charge >= 0.3 is 0 Å². The minimum atomic E-state index is 0.886. The molecule has 0 unspecified atom stereocenters. The minimum absolute atomic E-state index is 0.886. The summed E-state index contributed by atoms with van der Waals surface area (Å²) in [5, 5.41) is 1.20. The second-order valence-electron chi connectivity index (χ2n) is 8.86. The SMILES string of the molecule is CCc1ccc(C(=C2CCN(Cc3ncc[nH]3)CC2)c2cccc3cccnc23)cc1CC. The first-order valence-corrected chi connectivity index (χ1v) is 12.2. The summed E-state index contributed by atoms with van der Waals surface area (Å²) < 4.78 is 0. The number of para-hydroxylation sites is 1. The van der Waals surface area contributed by atoms with Gasteiger partial charge in [0.15, 0.2) is 0 Å². The number of imidazole rings is 1. The van der Waals surface area contributed by atoms with E-state index >= 15 is 0 Å². The van der Waals surface area contributed by atoms with Crippen LogP contribution in [-0.4, -0.2) is 32.9 Å². The Morgan fingerprint density at radius 1 is 0.909 bits per heavy atom. The molecule has 4 heteroatoms. The third kappa shape index (κ3) is 4.49. The highest BCUT2D eigenvalue weighted by atomic mass is 15.1. The summed E-state index contributed by atoms with van der Waals surface area (Å²) in [6, 6.07) is 17.9. The molecule has 168 valence electrons. The molecule has 0 atom stereocenters. The number of aromatic amines is 1. The van der Waals surface area contributed by atoms with Gasteiger partial charge in [-0.1, -0.05) is 61.9 Å². The number of aromatic nitrogens is 3. The van der Waals surface area contributed by atoms with Gasteiger partial charge in [-0.3, -0.25) is 9.88 Å². The average molecular weight is 437 g/mol. The first-order valence-electron chi connectivity index (χ1n) is 12.2. The number of nitrogens with one attached hydrogen (secondary N) is 1. The number of piperidine rings is 1. The number of benzene rings is 2. The van der Waals surface area contributed by atoms with Gasteiger partial charge in [0.1, 0.15) is 5.82 Å². The maximum absolute atomic E-state index is 4.81. The van der Waals surface area contributed by atoms with Crippen LogP contribution in [-0.2, 0) is 19.4 Å². The Morgan fingerprint density at radius 3 is 2.48 bits per heavy atom. The van der Waals surface area contributed by atoms with Crippen molar-refractivity contribution in [3.05, 3.63) is 101 Å². The second kappa shape index (κ2) is 9.72. The van der Waals surface area contributed by atoms with E-state index in [0.717, 1.165) is 56.7 Å². The maximum Gasteiger partial charge on any atom is 0.120 e. The lowest BCUT2D eigenvalue weighted by Gasteiger charge is -2.30. The standard InChI is InChI=1S/C29H32N4/c1-3-21-10-11-25(19-22(21)4-2)28(26-9-5-7-24-8-6-14-32-29(24)26)23-12-17-33(18-13-23)20-27-30-15-16-31-27/h5-11,14-16,19H,3-4,12-13,17-18,20H2,1-2H3,(H,30,31). The number of aryl methyl sites for hydroxylation is 2. The number of H-pyrrole nitrogens is 1. The van der Waals surface area contributed by atoms with Crippen LogP contribution < -0.4 is 0 Å². The highest BCUT2D eigenvalue weighted by Gasteiger charge is 2.21. The lowest BCUT2D eigenvalue weighted by atomic mass is 9.85. The molecule has 1 N–H and O–H groups in total. The van der Waals surface area contributed by atoms with Crippen molar-refractivity contribution in [2.24, 2.45) is 0 Å². The molecular weight excluding hydrogens is 404 g/mol. The number of nitrogens with zero attached hydrogens (tertiary/aromatic N) is 3. The molecule has 2 aromatic carbocycles. The Labute approximate surface area is 196 Å². The minimum Gasteiger partial charge on any atom is -0.348 e. The molecule has 4 aromatic rings. The summed E-state index contributed by atoms with van der Waals surface area (Å²) in [5.74, 6) is 1.05. The highest BCUT2D eigenvalue weighted by molar-refractivity contribution is 5.96. The first-order chi connectivity index (χ1) is 16.3. The number of likely N-dealkylation sites (tertiary alicyclic amines) is 1. The zero-order valence-electron chi connectivity index (χ0n) is 19.6. The summed E-state index contributed by atoms with van der Waals surface area (Å²) >= 11 is 0. The molecule has 0 aliphatic carbocycles. The molecule has 0 bridgehead atoms. The van der Waals surface area contributed by atoms with Crippen LogP contribution in [0.4, 0.5) is 0 Å². The Hall–Kier alpha value is -3.24. The van der Waals surface area contributed by atoms with Gasteiger partial charge in [0.05, 0.1) is 12.1 Å². The van der Waals surface area contributed by atoms with Crippen LogP contribution in [0.25, 0.3) is 16.5 Å². The monoisotopic (exact) mass is 436 g/mol. The molecule has 33 heavy (non-hydrogen) atoms. The zero-order chi connectivity index (χ0) is 22.6. The van der Waals surface area contributed by atoms with Crippen molar-refractivity contribution in [1.29, 1.82) is 0 Å². The molecule has 5 rings (SSSR count). The topological polar surface area (TPSA) is 44.8 Å². The van der Waals surface area contributed by atoms with E-state index in [4.69, 9.17) is 4.98 Å². The lowest BCUT2D eigenvalue weighted by molar-refractivity contribution is 0.243. The molecule has 2 aromatic heterocycles. The normalized spacial score (nSPS) is 14.7. The summed E-state index contributed by atoms with van der Waals surface area (Å²) in [6.07, 6.45) is 9.92. The van der Waals surface area contributed by atoms with E-state index in [1.807, 2.05) is 24.7 Å². The average Bonchev–Trinajstić information content (AvgIpc) is 3.38. The first kappa shape index (κ1) is 21.6. The van der Waals surface area contributed by atoms with Crippen molar-refractivity contribution >= 4 is 16.5 Å². The fraction of sp³-hybridized carbons (Fsp3) is 0.310. The van der Waals surface area contributed by atoms with E-state index in [1.165, 1.54) is 38.8 Å². The summed E-state index contributed by atoms with van der Waals surface area (Å²) in [6.45, 7) is 7.49. The summed E-state index contributed by atoms with van der Waals surface area (Å²) in [4.78, 5) is 15.0. The fourth-order valence-corrected chi connectivity index (χ4v) is 5.14. The van der Waals surface area contributed by atoms with Crippen LogP contribution in [0.15, 0.2) is 72.7 Å². The molecule has 0 saturated carbocycles. The van der Waals surface area contributed by atoms with Crippen molar-refractivity contribution in [2.45, 2.75) is 46.1 Å². The second-order valence-corrected chi connectivity index (χ2v) is 8.86. The van der Waals surface area contributed by atoms with Gasteiger partial charge in [-0.25, -0.2) is 4.98 Å². The molecule has 0 spiro atoms. The van der Waals surface area contributed by atoms with Gasteiger partial charge in [0.2, 0.25) is 0 Å². The Bertz CT molecular complexity index is 1250. The third-order valence-corrected chi connectivity index (χ3v) is 6.90. The largest absolute Gasteiger partial charge is 0.348 e. The van der Waals surface area contributed by atoms with Crippen molar-refractivity contribution in [1.82, 2.24) is 19.9 Å². The smallest absolute Gasteiger partial charge is 0.120 e. The van der Waals surface area contributed by atoms with Crippen molar-refractivity contribution in [3.63, 3.8) is 0 Å². The molecule has 0 radical (unpaired) electrons. The van der Waals surface area contributed by atoms with Crippen molar-refractivity contribution in [3.8, 4) is 0 Å². The van der Waals surface area contributed by atoms with Crippen LogP contribution in [0.1, 0.15) is 54.8 Å². The predicted octanol–water partition coefficient (Wildman–Crippen LogP) is 6.18. The Kier molecular flexibility index (Phi) is 6.36. The van der Waals surface area contributed by atoms with Crippen molar-refractivity contribution in [2.75, 3.05) is 13.1 Å². The molecule has 1 fully saturated rings. The maximum atomic E-state index is 4.81. The van der Waals surface area contributed by atoms with Gasteiger partial charge in [-0.15, -0.1) is 0 Å². The van der Waals surface area contributed by atoms with Crippen LogP contribution >= 0.6 is 0 Å². The highest BCUT2D eigenvalue weighted by Crippen LogP contribution is 2.36. The molecule has 1 aliphatic rings. The van der Waals surface area contributed by atoms with Gasteiger partial charge in [-0.2, -0.15) is 0 Å². The van der Waals surface area contributed by atoms with E-state index in [9.17, 15) is 0 Å². The fourth-order valence-electron chi connectivity index (χ4n) is 5.14. The van der Waals surface area contributed by atoms with Gasteiger partial charge < -0.3 is 4.98 Å². The Morgan fingerprint density at radius 2 is 1.73 bits per heavy atom. The number of hydrogen-bond donors (Lipinski definition) is 1. The van der Waals surface area contributed by atoms with Gasteiger partial charge in [-0.05, 0) is 54.0 Å². The summed E-state index contributed by atoms with van der Waals surface area (Å²) in [5.41, 5.74) is 9.51. The van der Waals surface area contributed by atoms with Gasteiger partial charge in [0, 0.05) is 42.6 Å². The van der Waals surface area contributed by atoms with E-state index < -0.39 is 0 Å². The van der Waals surface area contributed by atoms with E-state index in [1.54, 1.807) is 0 Å². The van der Waals surface area contributed by atoms with Crippen LogP contribution in [0.5, 0.6) is 0 Å².